The van der Waals surface area contributed by atoms with Crippen molar-refractivity contribution in [3.05, 3.63) is 37.9 Å². The first-order valence-electron chi connectivity index (χ1n) is 7.60. The number of halogens is 2. The molecule has 0 radical (unpaired) electrons. The Morgan fingerprint density at radius 1 is 1.33 bits per heavy atom. The quantitative estimate of drug-likeness (QED) is 0.528. The Hall–Kier alpha value is -2.66. The number of fused-ring (bicyclic) bond motifs is 1. The molecule has 1 fully saturated rings. The molecular formula is C15H12BrClN4O6. The minimum atomic E-state index is -1.29. The molecular weight excluding hydrogens is 448 g/mol. The van der Waals surface area contributed by atoms with Crippen LogP contribution in [0, 0.1) is 10.1 Å². The highest BCUT2D eigenvalue weighted by Gasteiger charge is 2.38. The van der Waals surface area contributed by atoms with Crippen molar-refractivity contribution in [1.82, 2.24) is 9.88 Å². The van der Waals surface area contributed by atoms with Crippen LogP contribution in [-0.4, -0.2) is 62.8 Å². The zero-order valence-electron chi connectivity index (χ0n) is 13.5. The number of anilines is 1. The van der Waals surface area contributed by atoms with Crippen molar-refractivity contribution in [2.24, 2.45) is 0 Å². The van der Waals surface area contributed by atoms with Gasteiger partial charge >= 0.3 is 17.7 Å². The summed E-state index contributed by atoms with van der Waals surface area (Å²) in [5, 5.41) is 30.9. The molecule has 0 bridgehead atoms. The summed E-state index contributed by atoms with van der Waals surface area (Å²) in [5.74, 6) is -1.29. The number of carboxylic acid groups (broad SMARTS) is 2. The normalized spacial score (nSPS) is 17.2. The van der Waals surface area contributed by atoms with Gasteiger partial charge in [-0.2, -0.15) is 0 Å². The molecule has 1 aliphatic rings. The molecule has 2 N–H and O–H groups in total. The number of amides is 1. The van der Waals surface area contributed by atoms with Gasteiger partial charge in [0.25, 0.3) is 0 Å². The summed E-state index contributed by atoms with van der Waals surface area (Å²) in [6.45, 7) is -0.350. The smallest absolute Gasteiger partial charge is 0.407 e. The van der Waals surface area contributed by atoms with E-state index in [4.69, 9.17) is 16.7 Å². The topological polar surface area (TPSA) is 137 Å². The molecule has 0 unspecified atom stereocenters. The van der Waals surface area contributed by atoms with E-state index in [-0.39, 0.29) is 36.0 Å². The minimum Gasteiger partial charge on any atom is -0.480 e. The summed E-state index contributed by atoms with van der Waals surface area (Å²) in [4.78, 5) is 40.2. The van der Waals surface area contributed by atoms with E-state index in [1.54, 1.807) is 6.07 Å². The fourth-order valence-electron chi connectivity index (χ4n) is 3.03. The van der Waals surface area contributed by atoms with Crippen molar-refractivity contribution in [2.45, 2.75) is 6.04 Å². The number of carboxylic acids is 1. The van der Waals surface area contributed by atoms with Crippen LogP contribution in [0.15, 0.2) is 22.8 Å². The molecule has 1 saturated heterocycles. The van der Waals surface area contributed by atoms with Gasteiger partial charge in [-0.1, -0.05) is 11.6 Å². The number of hydrogen-bond donors (Lipinski definition) is 2. The van der Waals surface area contributed by atoms with Crippen LogP contribution in [0.3, 0.4) is 0 Å². The highest BCUT2D eigenvalue weighted by atomic mass is 79.9. The van der Waals surface area contributed by atoms with Gasteiger partial charge in [0.2, 0.25) is 0 Å². The van der Waals surface area contributed by atoms with E-state index in [1.807, 2.05) is 0 Å². The van der Waals surface area contributed by atoms with Gasteiger partial charge in [0.15, 0.2) is 0 Å². The number of hydrogen-bond acceptors (Lipinski definition) is 6. The Morgan fingerprint density at radius 3 is 2.63 bits per heavy atom. The van der Waals surface area contributed by atoms with E-state index in [1.165, 1.54) is 11.0 Å². The fraction of sp³-hybridized carbons (Fsp3) is 0.267. The molecule has 1 aliphatic heterocycles. The lowest BCUT2D eigenvalue weighted by Crippen LogP contribution is -2.58. The molecule has 27 heavy (non-hydrogen) atoms. The number of piperazine rings is 1. The van der Waals surface area contributed by atoms with Gasteiger partial charge in [0, 0.05) is 22.9 Å². The summed E-state index contributed by atoms with van der Waals surface area (Å²) in [7, 11) is 0. The molecule has 10 nitrogen and oxygen atoms in total. The van der Waals surface area contributed by atoms with Crippen molar-refractivity contribution < 1.29 is 24.7 Å². The Balaban J connectivity index is 2.22. The molecule has 2 heterocycles. The van der Waals surface area contributed by atoms with E-state index < -0.39 is 23.0 Å². The predicted octanol–water partition coefficient (Wildman–Crippen LogP) is 2.81. The molecule has 3 rings (SSSR count). The Labute approximate surface area is 165 Å². The third-order valence-electron chi connectivity index (χ3n) is 4.28. The van der Waals surface area contributed by atoms with Crippen molar-refractivity contribution in [2.75, 3.05) is 24.5 Å². The Bertz CT molecular complexity index is 971. The molecule has 1 aromatic carbocycles. The molecule has 0 saturated carbocycles. The van der Waals surface area contributed by atoms with E-state index in [9.17, 15) is 24.8 Å². The molecule has 1 aromatic heterocycles. The minimum absolute atomic E-state index is 0.00431. The summed E-state index contributed by atoms with van der Waals surface area (Å²) in [5.41, 5.74) is 0.0597. The average Bonchev–Trinajstić information content (AvgIpc) is 2.61. The number of nitro groups is 1. The molecule has 1 atom stereocenters. The van der Waals surface area contributed by atoms with E-state index in [0.29, 0.717) is 15.4 Å². The molecule has 142 valence electrons. The van der Waals surface area contributed by atoms with Crippen LogP contribution in [0.4, 0.5) is 16.2 Å². The van der Waals surface area contributed by atoms with Crippen molar-refractivity contribution >= 4 is 61.9 Å². The maximum Gasteiger partial charge on any atom is 0.407 e. The molecule has 0 spiro atoms. The molecule has 0 aliphatic carbocycles. The van der Waals surface area contributed by atoms with Crippen LogP contribution in [0.2, 0.25) is 5.02 Å². The number of rotatable bonds is 3. The number of benzene rings is 1. The maximum atomic E-state index is 11.8. The largest absolute Gasteiger partial charge is 0.480 e. The van der Waals surface area contributed by atoms with Crippen molar-refractivity contribution in [1.29, 1.82) is 0 Å². The van der Waals surface area contributed by atoms with Crippen LogP contribution in [0.25, 0.3) is 10.9 Å². The lowest BCUT2D eigenvalue weighted by molar-refractivity contribution is -0.384. The van der Waals surface area contributed by atoms with Crippen LogP contribution in [0.1, 0.15) is 0 Å². The number of nitrogens with zero attached hydrogens (tertiary/aromatic N) is 4. The second-order valence-corrected chi connectivity index (χ2v) is 7.07. The second kappa shape index (κ2) is 7.16. The Kier molecular flexibility index (Phi) is 5.07. The molecule has 2 aromatic rings. The standard InChI is InChI=1S/C15H12BrClN4O6/c16-8-4-10-7(3-9(8)17)13(11(5-18-10)21(26)27)20-2-1-19(15(24)25)6-12(20)14(22)23/h3-5,12H,1-2,6H2,(H,22,23)(H,24,25)/t12-/m1/s1. The van der Waals surface area contributed by atoms with Crippen LogP contribution in [0.5, 0.6) is 0 Å². The number of carbonyl (C=O) groups is 2. The van der Waals surface area contributed by atoms with Crippen LogP contribution >= 0.6 is 27.5 Å². The van der Waals surface area contributed by atoms with Crippen LogP contribution in [-0.2, 0) is 4.79 Å². The highest BCUT2D eigenvalue weighted by Crippen LogP contribution is 2.39. The second-order valence-electron chi connectivity index (χ2n) is 5.81. The van der Waals surface area contributed by atoms with E-state index >= 15 is 0 Å². The van der Waals surface area contributed by atoms with Crippen molar-refractivity contribution in [3.63, 3.8) is 0 Å². The van der Waals surface area contributed by atoms with Gasteiger partial charge in [-0.25, -0.2) is 14.6 Å². The third-order valence-corrected chi connectivity index (χ3v) is 5.48. The van der Waals surface area contributed by atoms with Gasteiger partial charge in [-0.3, -0.25) is 10.1 Å². The first kappa shape index (κ1) is 19.1. The number of aliphatic carboxylic acids is 1. The average molecular weight is 460 g/mol. The van der Waals surface area contributed by atoms with Gasteiger partial charge in [-0.05, 0) is 28.1 Å². The third kappa shape index (κ3) is 3.47. The summed E-state index contributed by atoms with van der Waals surface area (Å²) >= 11 is 9.39. The van der Waals surface area contributed by atoms with E-state index in [2.05, 4.69) is 20.9 Å². The SMILES string of the molecule is O=C(O)[C@H]1CN(C(=O)O)CCN1c1c([N+](=O)[O-])cnc2cc(Br)c(Cl)cc12. The summed E-state index contributed by atoms with van der Waals surface area (Å²) in [6, 6.07) is 1.76. The lowest BCUT2D eigenvalue weighted by Gasteiger charge is -2.39. The monoisotopic (exact) mass is 458 g/mol. The first-order valence-corrected chi connectivity index (χ1v) is 8.77. The van der Waals surface area contributed by atoms with Gasteiger partial charge in [0.05, 0.1) is 22.0 Å². The predicted molar refractivity (Wildman–Crippen MR) is 99.5 cm³/mol. The van der Waals surface area contributed by atoms with Crippen LogP contribution < -0.4 is 4.90 Å². The number of aromatic nitrogens is 1. The lowest BCUT2D eigenvalue weighted by atomic mass is 10.1. The van der Waals surface area contributed by atoms with Crippen molar-refractivity contribution in [3.8, 4) is 0 Å². The van der Waals surface area contributed by atoms with E-state index in [0.717, 1.165) is 11.1 Å². The highest BCUT2D eigenvalue weighted by molar-refractivity contribution is 9.10. The Morgan fingerprint density at radius 2 is 2.04 bits per heavy atom. The number of pyridine rings is 1. The summed E-state index contributed by atoms with van der Waals surface area (Å²) < 4.78 is 0.537. The van der Waals surface area contributed by atoms with Gasteiger partial charge < -0.3 is 20.0 Å². The maximum absolute atomic E-state index is 11.8. The van der Waals surface area contributed by atoms with Gasteiger partial charge in [-0.15, -0.1) is 0 Å². The fourth-order valence-corrected chi connectivity index (χ4v) is 3.53. The zero-order chi connectivity index (χ0) is 19.9. The molecule has 1 amide bonds. The molecule has 12 heteroatoms. The first-order chi connectivity index (χ1) is 12.7. The summed E-state index contributed by atoms with van der Waals surface area (Å²) in [6.07, 6.45) is -0.192. The zero-order valence-corrected chi connectivity index (χ0v) is 15.8. The van der Waals surface area contributed by atoms with Gasteiger partial charge in [0.1, 0.15) is 17.9 Å².